The first-order valence-electron chi connectivity index (χ1n) is 5.54. The SMILES string of the molecule is C=CCc1c(C)c(C(=O)O)cc(C)c1OC(C)=O. The number of carbonyl (C=O) groups excluding carboxylic acids is 1. The first kappa shape index (κ1) is 14.0. The Balaban J connectivity index is 3.50. The molecule has 0 heterocycles. The molecule has 1 N–H and O–H groups in total. The number of carboxylic acids is 1. The van der Waals surface area contributed by atoms with Gasteiger partial charge in [0, 0.05) is 12.5 Å². The van der Waals surface area contributed by atoms with Gasteiger partial charge in [0.1, 0.15) is 5.75 Å². The summed E-state index contributed by atoms with van der Waals surface area (Å²) in [5.41, 5.74) is 2.15. The van der Waals surface area contributed by atoms with Gasteiger partial charge in [-0.25, -0.2) is 4.79 Å². The Morgan fingerprint density at radius 1 is 1.44 bits per heavy atom. The maximum absolute atomic E-state index is 11.1. The number of allylic oxidation sites excluding steroid dienone is 1. The molecule has 0 saturated carbocycles. The zero-order chi connectivity index (χ0) is 13.9. The second-order valence-electron chi connectivity index (χ2n) is 4.07. The molecule has 0 spiro atoms. The van der Waals surface area contributed by atoms with Gasteiger partial charge in [0.15, 0.2) is 0 Å². The Morgan fingerprint density at radius 2 is 2.06 bits per heavy atom. The van der Waals surface area contributed by atoms with Gasteiger partial charge < -0.3 is 9.84 Å². The summed E-state index contributed by atoms with van der Waals surface area (Å²) in [6.45, 7) is 8.37. The fourth-order valence-electron chi connectivity index (χ4n) is 1.86. The van der Waals surface area contributed by atoms with Crippen molar-refractivity contribution in [3.05, 3.63) is 41.0 Å². The fourth-order valence-corrected chi connectivity index (χ4v) is 1.86. The van der Waals surface area contributed by atoms with Crippen LogP contribution < -0.4 is 4.74 Å². The molecule has 0 radical (unpaired) electrons. The van der Waals surface area contributed by atoms with Crippen molar-refractivity contribution in [1.29, 1.82) is 0 Å². The van der Waals surface area contributed by atoms with Crippen molar-refractivity contribution in [1.82, 2.24) is 0 Å². The molecule has 0 aliphatic heterocycles. The molecular weight excluding hydrogens is 232 g/mol. The highest BCUT2D eigenvalue weighted by Gasteiger charge is 2.18. The molecule has 0 bridgehead atoms. The van der Waals surface area contributed by atoms with E-state index in [0.29, 0.717) is 28.9 Å². The first-order chi connectivity index (χ1) is 8.38. The van der Waals surface area contributed by atoms with Crippen LogP contribution in [-0.4, -0.2) is 17.0 Å². The number of hydrogen-bond donors (Lipinski definition) is 1. The molecule has 0 atom stereocenters. The maximum atomic E-state index is 11.1. The Hall–Kier alpha value is -2.10. The zero-order valence-corrected chi connectivity index (χ0v) is 10.7. The third-order valence-corrected chi connectivity index (χ3v) is 2.67. The topological polar surface area (TPSA) is 63.6 Å². The van der Waals surface area contributed by atoms with E-state index < -0.39 is 11.9 Å². The summed E-state index contributed by atoms with van der Waals surface area (Å²) in [6, 6.07) is 1.52. The summed E-state index contributed by atoms with van der Waals surface area (Å²) in [4.78, 5) is 22.2. The van der Waals surface area contributed by atoms with Crippen molar-refractivity contribution in [3.63, 3.8) is 0 Å². The second-order valence-corrected chi connectivity index (χ2v) is 4.07. The van der Waals surface area contributed by atoms with Gasteiger partial charge in [0.2, 0.25) is 0 Å². The predicted octanol–water partition coefficient (Wildman–Crippen LogP) is 2.66. The van der Waals surface area contributed by atoms with Crippen LogP contribution in [0.3, 0.4) is 0 Å². The quantitative estimate of drug-likeness (QED) is 0.505. The zero-order valence-electron chi connectivity index (χ0n) is 10.7. The lowest BCUT2D eigenvalue weighted by atomic mass is 9.95. The van der Waals surface area contributed by atoms with E-state index in [2.05, 4.69) is 6.58 Å². The number of aryl methyl sites for hydroxylation is 1. The lowest BCUT2D eigenvalue weighted by Crippen LogP contribution is -2.10. The highest BCUT2D eigenvalue weighted by atomic mass is 16.5. The highest BCUT2D eigenvalue weighted by Crippen LogP contribution is 2.30. The van der Waals surface area contributed by atoms with E-state index >= 15 is 0 Å². The molecule has 0 amide bonds. The summed E-state index contributed by atoms with van der Waals surface area (Å²) in [6.07, 6.45) is 2.11. The molecule has 96 valence electrons. The van der Waals surface area contributed by atoms with Crippen LogP contribution in [-0.2, 0) is 11.2 Å². The minimum Gasteiger partial charge on any atom is -0.478 e. The van der Waals surface area contributed by atoms with Crippen molar-refractivity contribution in [2.45, 2.75) is 27.2 Å². The molecule has 0 aromatic heterocycles. The number of aromatic carboxylic acids is 1. The number of benzene rings is 1. The van der Waals surface area contributed by atoms with E-state index in [-0.39, 0.29) is 5.56 Å². The van der Waals surface area contributed by atoms with Crippen LogP contribution >= 0.6 is 0 Å². The van der Waals surface area contributed by atoms with E-state index in [1.165, 1.54) is 13.0 Å². The van der Waals surface area contributed by atoms with E-state index in [4.69, 9.17) is 9.84 Å². The maximum Gasteiger partial charge on any atom is 0.335 e. The highest BCUT2D eigenvalue weighted by molar-refractivity contribution is 5.91. The van der Waals surface area contributed by atoms with Crippen LogP contribution in [0.25, 0.3) is 0 Å². The summed E-state index contributed by atoms with van der Waals surface area (Å²) < 4.78 is 5.16. The largest absolute Gasteiger partial charge is 0.478 e. The molecule has 1 rings (SSSR count). The summed E-state index contributed by atoms with van der Waals surface area (Å²) in [7, 11) is 0. The van der Waals surface area contributed by atoms with Gasteiger partial charge in [-0.3, -0.25) is 4.79 Å². The van der Waals surface area contributed by atoms with Crippen molar-refractivity contribution in [2.75, 3.05) is 0 Å². The molecule has 0 saturated heterocycles. The minimum atomic E-state index is -0.990. The van der Waals surface area contributed by atoms with Gasteiger partial charge in [0.05, 0.1) is 5.56 Å². The summed E-state index contributed by atoms with van der Waals surface area (Å²) in [5.74, 6) is -0.980. The van der Waals surface area contributed by atoms with E-state index in [0.717, 1.165) is 0 Å². The molecule has 0 aliphatic rings. The van der Waals surface area contributed by atoms with Crippen LogP contribution in [0.15, 0.2) is 18.7 Å². The molecule has 4 nitrogen and oxygen atoms in total. The normalized spacial score (nSPS) is 9.94. The molecule has 1 aromatic rings. The van der Waals surface area contributed by atoms with Gasteiger partial charge in [-0.2, -0.15) is 0 Å². The van der Waals surface area contributed by atoms with Crippen LogP contribution in [0.1, 0.15) is 34.0 Å². The lowest BCUT2D eigenvalue weighted by Gasteiger charge is -2.15. The van der Waals surface area contributed by atoms with Crippen molar-refractivity contribution in [2.24, 2.45) is 0 Å². The molecule has 18 heavy (non-hydrogen) atoms. The van der Waals surface area contributed by atoms with Gasteiger partial charge in [-0.15, -0.1) is 6.58 Å². The standard InChI is InChI=1S/C14H16O4/c1-5-6-11-9(3)12(14(16)17)7-8(2)13(11)18-10(4)15/h5,7H,1,6H2,2-4H3,(H,16,17). The predicted molar refractivity (Wildman–Crippen MR) is 68.1 cm³/mol. The van der Waals surface area contributed by atoms with E-state index in [9.17, 15) is 9.59 Å². The lowest BCUT2D eigenvalue weighted by molar-refractivity contribution is -0.131. The van der Waals surface area contributed by atoms with Gasteiger partial charge in [0.25, 0.3) is 0 Å². The van der Waals surface area contributed by atoms with Gasteiger partial charge in [-0.05, 0) is 37.5 Å². The fraction of sp³-hybridized carbons (Fsp3) is 0.286. The molecule has 4 heteroatoms. The smallest absolute Gasteiger partial charge is 0.335 e. The van der Waals surface area contributed by atoms with Crippen molar-refractivity contribution >= 4 is 11.9 Å². The van der Waals surface area contributed by atoms with Crippen LogP contribution in [0.2, 0.25) is 0 Å². The number of hydrogen-bond acceptors (Lipinski definition) is 3. The van der Waals surface area contributed by atoms with Gasteiger partial charge >= 0.3 is 11.9 Å². The monoisotopic (exact) mass is 248 g/mol. The van der Waals surface area contributed by atoms with Crippen LogP contribution in [0, 0.1) is 13.8 Å². The Bertz CT molecular complexity index is 515. The van der Waals surface area contributed by atoms with Crippen molar-refractivity contribution < 1.29 is 19.4 Å². The third kappa shape index (κ3) is 2.77. The Kier molecular flexibility index (Phi) is 4.26. The molecule has 1 aromatic carbocycles. The van der Waals surface area contributed by atoms with E-state index in [1.807, 2.05) is 0 Å². The van der Waals surface area contributed by atoms with Crippen LogP contribution in [0.4, 0.5) is 0 Å². The molecule has 0 aliphatic carbocycles. The molecule has 0 unspecified atom stereocenters. The first-order valence-corrected chi connectivity index (χ1v) is 5.54. The number of ether oxygens (including phenoxy) is 1. The number of rotatable bonds is 4. The molecule has 0 fully saturated rings. The summed E-state index contributed by atoms with van der Waals surface area (Å²) in [5, 5.41) is 9.12. The van der Waals surface area contributed by atoms with Gasteiger partial charge in [-0.1, -0.05) is 6.08 Å². The Morgan fingerprint density at radius 3 is 2.50 bits per heavy atom. The number of carbonyl (C=O) groups is 2. The number of esters is 1. The summed E-state index contributed by atoms with van der Waals surface area (Å²) >= 11 is 0. The van der Waals surface area contributed by atoms with E-state index in [1.54, 1.807) is 19.9 Å². The third-order valence-electron chi connectivity index (χ3n) is 2.67. The minimum absolute atomic E-state index is 0.222. The average molecular weight is 248 g/mol. The Labute approximate surface area is 106 Å². The number of carboxylic acid groups (broad SMARTS) is 1. The average Bonchev–Trinajstić information content (AvgIpc) is 2.27. The second kappa shape index (κ2) is 5.49. The van der Waals surface area contributed by atoms with Crippen LogP contribution in [0.5, 0.6) is 5.75 Å². The van der Waals surface area contributed by atoms with Crippen molar-refractivity contribution in [3.8, 4) is 5.75 Å². The molecular formula is C14H16O4.